The summed E-state index contributed by atoms with van der Waals surface area (Å²) in [6.07, 6.45) is 6.77. The molecule has 4 heteroatoms. The lowest BCUT2D eigenvalue weighted by atomic mass is 9.76. The molecule has 3 aliphatic rings. The lowest BCUT2D eigenvalue weighted by molar-refractivity contribution is -0.927. The smallest absolute Gasteiger partial charge is 0.169 e. The number of rotatable bonds is 0. The second-order valence-electron chi connectivity index (χ2n) is 5.89. The number of nitrogens with zero attached hydrogens (tertiary/aromatic N) is 1. The normalized spacial score (nSPS) is 53.4. The van der Waals surface area contributed by atoms with Gasteiger partial charge in [-0.25, -0.2) is 0 Å². The zero-order valence-corrected chi connectivity index (χ0v) is 9.93. The molecular weight excluding hydrogens is 204 g/mol. The zero-order chi connectivity index (χ0) is 11.3. The third kappa shape index (κ3) is 1.44. The highest BCUT2D eigenvalue weighted by molar-refractivity contribution is 4.96. The Morgan fingerprint density at radius 2 is 1.88 bits per heavy atom. The van der Waals surface area contributed by atoms with Gasteiger partial charge in [0.05, 0.1) is 6.04 Å². The van der Waals surface area contributed by atoms with Crippen LogP contribution >= 0.6 is 0 Å². The van der Waals surface area contributed by atoms with Gasteiger partial charge in [-0.2, -0.15) is 0 Å². The van der Waals surface area contributed by atoms with Crippen LogP contribution in [0, 0.1) is 17.0 Å². The highest BCUT2D eigenvalue weighted by Crippen LogP contribution is 2.44. The fourth-order valence-electron chi connectivity index (χ4n) is 4.19. The van der Waals surface area contributed by atoms with E-state index in [9.17, 15) is 10.4 Å². The fraction of sp³-hybridized carbons (Fsp3) is 1.00. The van der Waals surface area contributed by atoms with Gasteiger partial charge in [-0.05, 0) is 38.5 Å². The van der Waals surface area contributed by atoms with Crippen molar-refractivity contribution < 1.29 is 10.3 Å². The molecule has 92 valence electrons. The lowest BCUT2D eigenvalue weighted by Gasteiger charge is -2.43. The first-order chi connectivity index (χ1) is 7.70. The minimum Gasteiger partial charge on any atom is -0.633 e. The second-order valence-corrected chi connectivity index (χ2v) is 5.89. The standard InChI is InChI=1S/C12H22N2O2/c1-8-6-7-10-9-4-2-3-5-11(9)14(16)12(10)13(8)15/h8-13,16H,2-7H2,1H3. The maximum absolute atomic E-state index is 12.2. The van der Waals surface area contributed by atoms with E-state index in [1.54, 1.807) is 0 Å². The lowest BCUT2D eigenvalue weighted by Crippen LogP contribution is -3.17. The summed E-state index contributed by atoms with van der Waals surface area (Å²) in [6, 6.07) is 0.425. The summed E-state index contributed by atoms with van der Waals surface area (Å²) in [5, 5.41) is 24.1. The fourth-order valence-corrected chi connectivity index (χ4v) is 4.19. The van der Waals surface area contributed by atoms with Gasteiger partial charge in [-0.15, -0.1) is 5.06 Å². The Morgan fingerprint density at radius 3 is 2.69 bits per heavy atom. The molecule has 6 atom stereocenters. The van der Waals surface area contributed by atoms with E-state index in [0.29, 0.717) is 11.8 Å². The van der Waals surface area contributed by atoms with Gasteiger partial charge in [0.25, 0.3) is 0 Å². The molecule has 0 aromatic heterocycles. The summed E-state index contributed by atoms with van der Waals surface area (Å²) in [6.45, 7) is 2.01. The van der Waals surface area contributed by atoms with Crippen LogP contribution in [0.15, 0.2) is 0 Å². The van der Waals surface area contributed by atoms with Crippen molar-refractivity contribution in [3.8, 4) is 0 Å². The molecule has 3 fully saturated rings. The van der Waals surface area contributed by atoms with Gasteiger partial charge in [0, 0.05) is 12.0 Å². The van der Waals surface area contributed by atoms with Crippen molar-refractivity contribution >= 4 is 0 Å². The van der Waals surface area contributed by atoms with Gasteiger partial charge in [0.1, 0.15) is 0 Å². The molecule has 1 saturated carbocycles. The Kier molecular flexibility index (Phi) is 2.70. The average molecular weight is 226 g/mol. The SMILES string of the molecule is CC1CCC2C3CCCCC3N(O)C2[NH+]1[O-]. The zero-order valence-electron chi connectivity index (χ0n) is 9.93. The topological polar surface area (TPSA) is 51.0 Å². The first-order valence-electron chi connectivity index (χ1n) is 6.71. The molecule has 4 nitrogen and oxygen atoms in total. The predicted octanol–water partition coefficient (Wildman–Crippen LogP) is 0.757. The number of quaternary nitrogens is 1. The summed E-state index contributed by atoms with van der Waals surface area (Å²) in [5.41, 5.74) is 0. The maximum atomic E-state index is 12.2. The molecule has 3 rings (SSSR count). The number of hydrogen-bond donors (Lipinski definition) is 2. The first-order valence-corrected chi connectivity index (χ1v) is 6.71. The van der Waals surface area contributed by atoms with Gasteiger partial charge in [0.2, 0.25) is 0 Å². The minimum atomic E-state index is -0.170. The molecule has 16 heavy (non-hydrogen) atoms. The minimum absolute atomic E-state index is 0.149. The number of nitrogens with one attached hydrogen (secondary N) is 1. The van der Waals surface area contributed by atoms with Crippen LogP contribution in [0.3, 0.4) is 0 Å². The van der Waals surface area contributed by atoms with Gasteiger partial charge in [-0.1, -0.05) is 12.8 Å². The summed E-state index contributed by atoms with van der Waals surface area (Å²) < 4.78 is 0. The van der Waals surface area contributed by atoms with Crippen molar-refractivity contribution in [3.05, 3.63) is 5.21 Å². The molecule has 0 aromatic carbocycles. The van der Waals surface area contributed by atoms with Gasteiger partial charge in [-0.3, -0.25) is 0 Å². The summed E-state index contributed by atoms with van der Waals surface area (Å²) in [7, 11) is 0. The quantitative estimate of drug-likeness (QED) is 0.600. The number of fused-ring (bicyclic) bond motifs is 3. The predicted molar refractivity (Wildman–Crippen MR) is 59.7 cm³/mol. The molecule has 0 spiro atoms. The van der Waals surface area contributed by atoms with Crippen LogP contribution < -0.4 is 5.06 Å². The van der Waals surface area contributed by atoms with Crippen molar-refractivity contribution in [2.45, 2.75) is 63.7 Å². The Bertz CT molecular complexity index is 274. The van der Waals surface area contributed by atoms with Crippen molar-refractivity contribution in [3.63, 3.8) is 0 Å². The Labute approximate surface area is 96.8 Å². The molecule has 6 unspecified atom stereocenters. The van der Waals surface area contributed by atoms with E-state index in [-0.39, 0.29) is 23.3 Å². The first kappa shape index (κ1) is 11.0. The third-order valence-corrected chi connectivity index (χ3v) is 5.07. The molecule has 2 aliphatic heterocycles. The molecular formula is C12H22N2O2. The van der Waals surface area contributed by atoms with Crippen molar-refractivity contribution in [1.82, 2.24) is 5.06 Å². The van der Waals surface area contributed by atoms with E-state index in [1.807, 2.05) is 6.92 Å². The highest BCUT2D eigenvalue weighted by Gasteiger charge is 2.54. The van der Waals surface area contributed by atoms with Crippen molar-refractivity contribution in [2.24, 2.45) is 11.8 Å². The monoisotopic (exact) mass is 226 g/mol. The Balaban J connectivity index is 1.86. The molecule has 2 saturated heterocycles. The Morgan fingerprint density at radius 1 is 1.12 bits per heavy atom. The van der Waals surface area contributed by atoms with E-state index in [4.69, 9.17) is 0 Å². The van der Waals surface area contributed by atoms with Crippen molar-refractivity contribution in [1.29, 1.82) is 0 Å². The highest BCUT2D eigenvalue weighted by atomic mass is 16.6. The van der Waals surface area contributed by atoms with Crippen LogP contribution in [0.25, 0.3) is 0 Å². The van der Waals surface area contributed by atoms with Crippen LogP contribution in [0.5, 0.6) is 0 Å². The van der Waals surface area contributed by atoms with Gasteiger partial charge in [0.15, 0.2) is 6.17 Å². The average Bonchev–Trinajstić information content (AvgIpc) is 2.59. The molecule has 0 bridgehead atoms. The van der Waals surface area contributed by atoms with Crippen molar-refractivity contribution in [2.75, 3.05) is 0 Å². The summed E-state index contributed by atoms with van der Waals surface area (Å²) in [4.78, 5) is 0. The van der Waals surface area contributed by atoms with Crippen LogP contribution in [-0.4, -0.2) is 28.5 Å². The van der Waals surface area contributed by atoms with Crippen LogP contribution in [-0.2, 0) is 0 Å². The Hall–Kier alpha value is -0.160. The van der Waals surface area contributed by atoms with Gasteiger partial charge >= 0.3 is 0 Å². The summed E-state index contributed by atoms with van der Waals surface area (Å²) >= 11 is 0. The van der Waals surface area contributed by atoms with Crippen LogP contribution in [0.4, 0.5) is 0 Å². The third-order valence-electron chi connectivity index (χ3n) is 5.07. The van der Waals surface area contributed by atoms with E-state index < -0.39 is 0 Å². The van der Waals surface area contributed by atoms with E-state index in [2.05, 4.69) is 0 Å². The van der Waals surface area contributed by atoms with Crippen LogP contribution in [0.2, 0.25) is 0 Å². The molecule has 0 radical (unpaired) electrons. The second kappa shape index (κ2) is 3.95. The summed E-state index contributed by atoms with van der Waals surface area (Å²) in [5.74, 6) is 1.03. The van der Waals surface area contributed by atoms with Crippen LogP contribution in [0.1, 0.15) is 45.4 Å². The maximum Gasteiger partial charge on any atom is 0.169 e. The number of piperidine rings is 1. The molecule has 2 heterocycles. The molecule has 0 amide bonds. The molecule has 0 aromatic rings. The van der Waals surface area contributed by atoms with E-state index in [1.165, 1.54) is 24.3 Å². The van der Waals surface area contributed by atoms with Gasteiger partial charge < -0.3 is 15.5 Å². The van der Waals surface area contributed by atoms with E-state index in [0.717, 1.165) is 19.3 Å². The van der Waals surface area contributed by atoms with E-state index >= 15 is 0 Å². The largest absolute Gasteiger partial charge is 0.633 e. The molecule has 2 N–H and O–H groups in total. The number of hydroxylamine groups is 4. The number of hydrogen-bond acceptors (Lipinski definition) is 3. The molecule has 1 aliphatic carbocycles.